The van der Waals surface area contributed by atoms with Crippen LogP contribution in [0.2, 0.25) is 0 Å². The molecule has 0 unspecified atom stereocenters. The van der Waals surface area contributed by atoms with Crippen LogP contribution < -0.4 is 19.6 Å². The zero-order valence-electron chi connectivity index (χ0n) is 18.6. The average molecular weight is 437 g/mol. The summed E-state index contributed by atoms with van der Waals surface area (Å²) in [5.41, 5.74) is 1.48. The van der Waals surface area contributed by atoms with Crippen molar-refractivity contribution in [1.29, 1.82) is 0 Å². The molecule has 3 aromatic rings. The Morgan fingerprint density at radius 1 is 1.03 bits per heavy atom. The fourth-order valence-electron chi connectivity index (χ4n) is 3.84. The molecular weight excluding hydrogens is 410 g/mol. The predicted molar refractivity (Wildman–Crippen MR) is 122 cm³/mol. The van der Waals surface area contributed by atoms with Crippen molar-refractivity contribution in [2.75, 3.05) is 32.9 Å². The Balaban J connectivity index is 1.64. The third kappa shape index (κ3) is 4.28. The van der Waals surface area contributed by atoms with E-state index in [1.807, 2.05) is 32.0 Å². The summed E-state index contributed by atoms with van der Waals surface area (Å²) in [6.45, 7) is 7.99. The number of carbonyl (C=O) groups is 1. The number of carbonyl (C=O) groups excluding carboxylic acids is 1. The lowest BCUT2D eigenvalue weighted by molar-refractivity contribution is -0.132. The highest BCUT2D eigenvalue weighted by atomic mass is 16.5. The SMILES string of the molecule is CCN(CC)C(=O)COc1ccc2c(=O)c(-c3ccc4c(c3)OCCCO4)c(C)oc2c1. The molecule has 32 heavy (non-hydrogen) atoms. The van der Waals surface area contributed by atoms with Crippen LogP contribution >= 0.6 is 0 Å². The first-order valence-corrected chi connectivity index (χ1v) is 10.9. The molecule has 1 aliphatic rings. The number of likely N-dealkylation sites (N-methyl/N-ethyl adjacent to an activating group) is 1. The van der Waals surface area contributed by atoms with Gasteiger partial charge in [-0.15, -0.1) is 0 Å². The highest BCUT2D eigenvalue weighted by molar-refractivity contribution is 5.84. The van der Waals surface area contributed by atoms with Crippen molar-refractivity contribution in [2.45, 2.75) is 27.2 Å². The first kappa shape index (κ1) is 21.7. The highest BCUT2D eigenvalue weighted by Gasteiger charge is 2.18. The van der Waals surface area contributed by atoms with Crippen molar-refractivity contribution in [1.82, 2.24) is 4.90 Å². The maximum absolute atomic E-state index is 13.3. The van der Waals surface area contributed by atoms with Gasteiger partial charge in [0.05, 0.1) is 24.2 Å². The summed E-state index contributed by atoms with van der Waals surface area (Å²) in [4.78, 5) is 27.2. The van der Waals surface area contributed by atoms with E-state index >= 15 is 0 Å². The molecule has 1 aliphatic heterocycles. The number of nitrogens with zero attached hydrogens (tertiary/aromatic N) is 1. The minimum Gasteiger partial charge on any atom is -0.490 e. The smallest absolute Gasteiger partial charge is 0.260 e. The minimum atomic E-state index is -0.135. The number of hydrogen-bond acceptors (Lipinski definition) is 6. The van der Waals surface area contributed by atoms with Crippen LogP contribution in [0.4, 0.5) is 0 Å². The second-order valence-corrected chi connectivity index (χ2v) is 7.59. The average Bonchev–Trinajstić information content (AvgIpc) is 3.03. The number of hydrogen-bond donors (Lipinski definition) is 0. The zero-order valence-corrected chi connectivity index (χ0v) is 18.6. The van der Waals surface area contributed by atoms with Gasteiger partial charge in [0.1, 0.15) is 17.1 Å². The summed E-state index contributed by atoms with van der Waals surface area (Å²) in [7, 11) is 0. The Morgan fingerprint density at radius 2 is 1.78 bits per heavy atom. The molecule has 2 heterocycles. The van der Waals surface area contributed by atoms with Crippen molar-refractivity contribution in [3.8, 4) is 28.4 Å². The van der Waals surface area contributed by atoms with Gasteiger partial charge in [0.25, 0.3) is 5.91 Å². The molecule has 0 saturated carbocycles. The van der Waals surface area contributed by atoms with Crippen LogP contribution in [0.5, 0.6) is 17.2 Å². The summed E-state index contributed by atoms with van der Waals surface area (Å²) >= 11 is 0. The van der Waals surface area contributed by atoms with Crippen molar-refractivity contribution in [2.24, 2.45) is 0 Å². The van der Waals surface area contributed by atoms with Crippen molar-refractivity contribution >= 4 is 16.9 Å². The van der Waals surface area contributed by atoms with E-state index in [2.05, 4.69) is 0 Å². The van der Waals surface area contributed by atoms with Gasteiger partial charge >= 0.3 is 0 Å². The van der Waals surface area contributed by atoms with E-state index in [0.29, 0.717) is 71.4 Å². The molecule has 0 spiro atoms. The van der Waals surface area contributed by atoms with E-state index in [1.165, 1.54) is 0 Å². The van der Waals surface area contributed by atoms with Gasteiger partial charge in [0.2, 0.25) is 5.43 Å². The monoisotopic (exact) mass is 437 g/mol. The molecule has 7 heteroatoms. The molecule has 0 atom stereocenters. The Morgan fingerprint density at radius 3 is 2.53 bits per heavy atom. The van der Waals surface area contributed by atoms with Crippen LogP contribution in [0.15, 0.2) is 45.6 Å². The fraction of sp³-hybridized carbons (Fsp3) is 0.360. The first-order chi connectivity index (χ1) is 15.5. The van der Waals surface area contributed by atoms with Crippen LogP contribution in [0.3, 0.4) is 0 Å². The molecule has 1 amide bonds. The number of rotatable bonds is 6. The third-order valence-electron chi connectivity index (χ3n) is 5.55. The lowest BCUT2D eigenvalue weighted by Gasteiger charge is -2.18. The summed E-state index contributed by atoms with van der Waals surface area (Å²) in [5.74, 6) is 2.19. The summed E-state index contributed by atoms with van der Waals surface area (Å²) in [5, 5.41) is 0.445. The number of ether oxygens (including phenoxy) is 3. The van der Waals surface area contributed by atoms with Gasteiger partial charge in [-0.1, -0.05) is 6.07 Å². The number of fused-ring (bicyclic) bond motifs is 2. The molecule has 0 aliphatic carbocycles. The lowest BCUT2D eigenvalue weighted by atomic mass is 10.0. The second-order valence-electron chi connectivity index (χ2n) is 7.59. The summed E-state index contributed by atoms with van der Waals surface area (Å²) in [6.07, 6.45) is 0.812. The van der Waals surface area contributed by atoms with Gasteiger partial charge in [0.15, 0.2) is 18.1 Å². The quantitative estimate of drug-likeness (QED) is 0.576. The molecule has 0 fully saturated rings. The Bertz CT molecular complexity index is 1190. The van der Waals surface area contributed by atoms with E-state index in [-0.39, 0.29) is 17.9 Å². The molecule has 2 aromatic carbocycles. The number of benzene rings is 2. The standard InChI is InChI=1S/C25H27NO6/c1-4-26(5-2)23(27)15-31-18-8-9-19-21(14-18)32-16(3)24(25(19)28)17-7-10-20-22(13-17)30-12-6-11-29-20/h7-10,13-14H,4-6,11-12,15H2,1-3H3. The molecule has 0 bridgehead atoms. The van der Waals surface area contributed by atoms with Gasteiger partial charge in [-0.2, -0.15) is 0 Å². The fourth-order valence-corrected chi connectivity index (χ4v) is 3.84. The summed E-state index contributed by atoms with van der Waals surface area (Å²) < 4.78 is 23.1. The van der Waals surface area contributed by atoms with Crippen LogP contribution in [-0.2, 0) is 4.79 Å². The Kier molecular flexibility index (Phi) is 6.35. The topological polar surface area (TPSA) is 78.2 Å². The van der Waals surface area contributed by atoms with E-state index < -0.39 is 0 Å². The minimum absolute atomic E-state index is 0.0638. The van der Waals surface area contributed by atoms with Crippen LogP contribution in [-0.4, -0.2) is 43.7 Å². The largest absolute Gasteiger partial charge is 0.490 e. The molecule has 7 nitrogen and oxygen atoms in total. The first-order valence-electron chi connectivity index (χ1n) is 10.9. The molecule has 0 saturated heterocycles. The molecule has 4 rings (SSSR count). The maximum Gasteiger partial charge on any atom is 0.260 e. The Labute approximate surface area is 186 Å². The third-order valence-corrected chi connectivity index (χ3v) is 5.55. The zero-order chi connectivity index (χ0) is 22.7. The van der Waals surface area contributed by atoms with Gasteiger partial charge in [-0.3, -0.25) is 9.59 Å². The maximum atomic E-state index is 13.3. The van der Waals surface area contributed by atoms with E-state index in [4.69, 9.17) is 18.6 Å². The van der Waals surface area contributed by atoms with Crippen molar-refractivity contribution in [3.63, 3.8) is 0 Å². The van der Waals surface area contributed by atoms with Crippen molar-refractivity contribution < 1.29 is 23.4 Å². The normalized spacial score (nSPS) is 13.0. The van der Waals surface area contributed by atoms with E-state index in [9.17, 15) is 9.59 Å². The second kappa shape index (κ2) is 9.34. The van der Waals surface area contributed by atoms with Gasteiger partial charge in [-0.05, 0) is 50.6 Å². The lowest BCUT2D eigenvalue weighted by Crippen LogP contribution is -2.34. The van der Waals surface area contributed by atoms with E-state index in [1.54, 1.807) is 30.0 Å². The van der Waals surface area contributed by atoms with Crippen LogP contribution in [0.1, 0.15) is 26.0 Å². The predicted octanol–water partition coefficient (Wildman–Crippen LogP) is 4.18. The summed E-state index contributed by atoms with van der Waals surface area (Å²) in [6, 6.07) is 10.5. The Hall–Kier alpha value is -3.48. The number of amides is 1. The molecule has 1 aromatic heterocycles. The molecular formula is C25H27NO6. The van der Waals surface area contributed by atoms with Crippen LogP contribution in [0.25, 0.3) is 22.1 Å². The van der Waals surface area contributed by atoms with E-state index in [0.717, 1.165) is 6.42 Å². The van der Waals surface area contributed by atoms with Gasteiger partial charge < -0.3 is 23.5 Å². The highest BCUT2D eigenvalue weighted by Crippen LogP contribution is 2.35. The van der Waals surface area contributed by atoms with Crippen molar-refractivity contribution in [3.05, 3.63) is 52.4 Å². The van der Waals surface area contributed by atoms with Crippen LogP contribution in [0, 0.1) is 6.92 Å². The molecule has 0 radical (unpaired) electrons. The van der Waals surface area contributed by atoms with Gasteiger partial charge in [-0.25, -0.2) is 0 Å². The molecule has 0 N–H and O–H groups in total. The van der Waals surface area contributed by atoms with Gasteiger partial charge in [0, 0.05) is 25.6 Å². The molecule has 168 valence electrons. The number of aryl methyl sites for hydroxylation is 1.